The molecule has 0 fully saturated rings. The van der Waals surface area contributed by atoms with Crippen LogP contribution in [-0.4, -0.2) is 30.2 Å². The van der Waals surface area contributed by atoms with Crippen LogP contribution >= 0.6 is 31.0 Å². The first-order valence-electron chi connectivity index (χ1n) is 6.20. The van der Waals surface area contributed by atoms with E-state index in [-0.39, 0.29) is 5.49 Å². The van der Waals surface area contributed by atoms with Crippen molar-refractivity contribution < 1.29 is 14.4 Å². The van der Waals surface area contributed by atoms with Gasteiger partial charge in [0.2, 0.25) is 0 Å². The molecule has 0 aliphatic heterocycles. The molecule has 0 radical (unpaired) electrons. The molecule has 2 heterocycles. The summed E-state index contributed by atoms with van der Waals surface area (Å²) in [5.41, 5.74) is 2.54. The van der Waals surface area contributed by atoms with Gasteiger partial charge in [-0.05, 0) is 24.3 Å². The van der Waals surface area contributed by atoms with E-state index in [1.54, 1.807) is 18.3 Å². The molecule has 0 saturated heterocycles. The zero-order valence-electron chi connectivity index (χ0n) is 11.1. The highest BCUT2D eigenvalue weighted by Crippen LogP contribution is 2.41. The first kappa shape index (κ1) is 15.5. The third-order valence-electron chi connectivity index (χ3n) is 2.86. The minimum Gasteiger partial charge on any atom is -0.333 e. The topological polar surface area (TPSA) is 99.1 Å². The van der Waals surface area contributed by atoms with Crippen LogP contribution in [0.2, 0.25) is 5.02 Å². The molecule has 0 bridgehead atoms. The molecule has 9 heteroatoms. The van der Waals surface area contributed by atoms with Crippen molar-refractivity contribution in [1.29, 1.82) is 0 Å². The molecule has 0 spiro atoms. The number of hydrogen-bond acceptors (Lipinski definition) is 4. The largest absolute Gasteiger partial charge is 0.335 e. The van der Waals surface area contributed by atoms with E-state index in [2.05, 4.69) is 15.0 Å². The summed E-state index contributed by atoms with van der Waals surface area (Å²) in [5, 5.41) is 0.967. The number of fused-ring (bicyclic) bond motifs is 1. The molecule has 2 aromatic heterocycles. The fourth-order valence-corrected chi connectivity index (χ4v) is 3.71. The van der Waals surface area contributed by atoms with Gasteiger partial charge in [0.05, 0.1) is 21.7 Å². The summed E-state index contributed by atoms with van der Waals surface area (Å²) in [6.45, 7) is 0. The molecule has 0 amide bonds. The predicted octanol–water partition coefficient (Wildman–Crippen LogP) is 3.51. The number of H-pyrrole nitrogens is 1. The number of benzene rings is 1. The molecule has 1 aromatic carbocycles. The van der Waals surface area contributed by atoms with Crippen molar-refractivity contribution >= 4 is 42.0 Å². The number of pyridine rings is 1. The standard InChI is InChI=1S/C13H11ClN3O3PS/c14-9-6-12-11(5-8(9)10-3-1-2-4-15-10)16-13(17-12)22-7-21(18,19)20/h1-6H,7H2,(H,16,17)(H2,18,19,20). The van der Waals surface area contributed by atoms with E-state index in [1.165, 1.54) is 0 Å². The lowest BCUT2D eigenvalue weighted by Crippen LogP contribution is -1.84. The maximum absolute atomic E-state index is 10.9. The Morgan fingerprint density at radius 3 is 2.82 bits per heavy atom. The maximum atomic E-state index is 10.9. The molecule has 3 aromatic rings. The van der Waals surface area contributed by atoms with Crippen LogP contribution < -0.4 is 0 Å². The van der Waals surface area contributed by atoms with Gasteiger partial charge >= 0.3 is 7.60 Å². The molecular formula is C13H11ClN3O3PS. The number of thioether (sulfide) groups is 1. The lowest BCUT2D eigenvalue weighted by Gasteiger charge is -2.03. The van der Waals surface area contributed by atoms with Crippen molar-refractivity contribution in [2.75, 3.05) is 5.49 Å². The molecule has 0 saturated carbocycles. The summed E-state index contributed by atoms with van der Waals surface area (Å²) in [6.07, 6.45) is 1.68. The molecular weight excluding hydrogens is 345 g/mol. The van der Waals surface area contributed by atoms with Crippen LogP contribution in [0, 0.1) is 0 Å². The lowest BCUT2D eigenvalue weighted by atomic mass is 10.1. The normalized spacial score (nSPS) is 12.0. The average molecular weight is 356 g/mol. The van der Waals surface area contributed by atoms with Crippen molar-refractivity contribution in [3.8, 4) is 11.3 Å². The number of imidazole rings is 1. The van der Waals surface area contributed by atoms with Crippen LogP contribution in [-0.2, 0) is 4.57 Å². The first-order chi connectivity index (χ1) is 10.4. The summed E-state index contributed by atoms with van der Waals surface area (Å²) < 4.78 is 10.9. The van der Waals surface area contributed by atoms with Gasteiger partial charge in [0.15, 0.2) is 5.16 Å². The third kappa shape index (κ3) is 3.51. The minimum atomic E-state index is -4.07. The Kier molecular flexibility index (Phi) is 4.25. The van der Waals surface area contributed by atoms with E-state index in [9.17, 15) is 4.57 Å². The van der Waals surface area contributed by atoms with Gasteiger partial charge in [0.25, 0.3) is 0 Å². The van der Waals surface area contributed by atoms with Gasteiger partial charge in [0.1, 0.15) is 5.49 Å². The summed E-state index contributed by atoms with van der Waals surface area (Å²) in [7, 11) is -4.07. The van der Waals surface area contributed by atoms with Gasteiger partial charge in [-0.15, -0.1) is 0 Å². The number of nitrogens with one attached hydrogen (secondary N) is 1. The average Bonchev–Trinajstić information content (AvgIpc) is 2.86. The van der Waals surface area contributed by atoms with Crippen molar-refractivity contribution in [2.24, 2.45) is 0 Å². The van der Waals surface area contributed by atoms with Gasteiger partial charge in [-0.1, -0.05) is 29.4 Å². The van der Waals surface area contributed by atoms with E-state index in [4.69, 9.17) is 21.4 Å². The number of hydrogen-bond donors (Lipinski definition) is 3. The quantitative estimate of drug-likeness (QED) is 0.489. The third-order valence-corrected chi connectivity index (χ3v) is 5.50. The second-order valence-corrected chi connectivity index (χ2v) is 7.99. The fraction of sp³-hybridized carbons (Fsp3) is 0.0769. The van der Waals surface area contributed by atoms with Crippen LogP contribution in [0.15, 0.2) is 41.7 Å². The molecule has 0 atom stereocenters. The molecule has 3 rings (SSSR count). The van der Waals surface area contributed by atoms with E-state index in [0.29, 0.717) is 21.2 Å². The fourth-order valence-electron chi connectivity index (χ4n) is 1.94. The Balaban J connectivity index is 1.98. The summed E-state index contributed by atoms with van der Waals surface area (Å²) in [4.78, 5) is 29.4. The zero-order valence-corrected chi connectivity index (χ0v) is 13.6. The number of aromatic amines is 1. The smallest absolute Gasteiger partial charge is 0.333 e. The van der Waals surface area contributed by atoms with Crippen LogP contribution in [0.3, 0.4) is 0 Å². The predicted molar refractivity (Wildman–Crippen MR) is 87.1 cm³/mol. The second kappa shape index (κ2) is 6.02. The van der Waals surface area contributed by atoms with Gasteiger partial charge in [0, 0.05) is 11.8 Å². The maximum Gasteiger partial charge on any atom is 0.335 e. The Hall–Kier alpha value is -1.37. The summed E-state index contributed by atoms with van der Waals surface area (Å²) in [5.74, 6) is 0. The van der Waals surface area contributed by atoms with Crippen LogP contribution in [0.25, 0.3) is 22.3 Å². The van der Waals surface area contributed by atoms with Gasteiger partial charge in [-0.3, -0.25) is 9.55 Å². The van der Waals surface area contributed by atoms with Gasteiger partial charge in [-0.2, -0.15) is 0 Å². The van der Waals surface area contributed by atoms with Gasteiger partial charge in [-0.25, -0.2) is 4.98 Å². The monoisotopic (exact) mass is 355 g/mol. The highest BCUT2D eigenvalue weighted by molar-refractivity contribution is 8.04. The Bertz CT molecular complexity index is 866. The van der Waals surface area contributed by atoms with Crippen LogP contribution in [0.4, 0.5) is 0 Å². The summed E-state index contributed by atoms with van der Waals surface area (Å²) >= 11 is 7.25. The zero-order chi connectivity index (χ0) is 15.7. The van der Waals surface area contributed by atoms with Crippen molar-refractivity contribution in [2.45, 2.75) is 5.16 Å². The molecule has 6 nitrogen and oxygen atoms in total. The molecule has 3 N–H and O–H groups in total. The highest BCUT2D eigenvalue weighted by Gasteiger charge is 2.16. The Morgan fingerprint density at radius 1 is 1.32 bits per heavy atom. The second-order valence-electron chi connectivity index (χ2n) is 4.54. The van der Waals surface area contributed by atoms with Crippen molar-refractivity contribution in [3.05, 3.63) is 41.6 Å². The lowest BCUT2D eigenvalue weighted by molar-refractivity contribution is 0.379. The van der Waals surface area contributed by atoms with Crippen LogP contribution in [0.1, 0.15) is 0 Å². The first-order valence-corrected chi connectivity index (χ1v) is 9.36. The number of aromatic nitrogens is 3. The SMILES string of the molecule is O=P(O)(O)CSc1nc2cc(-c3ccccn3)c(Cl)cc2[nH]1. The highest BCUT2D eigenvalue weighted by atomic mass is 35.5. The van der Waals surface area contributed by atoms with E-state index in [0.717, 1.165) is 23.0 Å². The van der Waals surface area contributed by atoms with E-state index in [1.807, 2.05) is 18.2 Å². The van der Waals surface area contributed by atoms with E-state index < -0.39 is 7.60 Å². The molecule has 0 unspecified atom stereocenters. The minimum absolute atomic E-state index is 0.326. The molecule has 22 heavy (non-hydrogen) atoms. The molecule has 0 aliphatic carbocycles. The van der Waals surface area contributed by atoms with Gasteiger partial charge < -0.3 is 14.8 Å². The molecule has 114 valence electrons. The van der Waals surface area contributed by atoms with E-state index >= 15 is 0 Å². The van der Waals surface area contributed by atoms with Crippen molar-refractivity contribution in [3.63, 3.8) is 0 Å². The molecule has 0 aliphatic rings. The van der Waals surface area contributed by atoms with Crippen molar-refractivity contribution in [1.82, 2.24) is 15.0 Å². The Labute approximate surface area is 135 Å². The van der Waals surface area contributed by atoms with Crippen LogP contribution in [0.5, 0.6) is 0 Å². The number of nitrogens with zero attached hydrogens (tertiary/aromatic N) is 2. The Morgan fingerprint density at radius 2 is 2.14 bits per heavy atom. The summed E-state index contributed by atoms with van der Waals surface area (Å²) in [6, 6.07) is 9.08. The number of halogens is 1. The number of rotatable bonds is 4.